The van der Waals surface area contributed by atoms with Gasteiger partial charge in [-0.15, -0.1) is 10.2 Å². The second kappa shape index (κ2) is 6.17. The highest BCUT2D eigenvalue weighted by molar-refractivity contribution is 5.68. The predicted octanol–water partition coefficient (Wildman–Crippen LogP) is 0.765. The molecule has 112 valence electrons. The Morgan fingerprint density at radius 1 is 1.40 bits per heavy atom. The number of carbonyl (C=O) groups is 1. The molecule has 1 aliphatic rings. The Morgan fingerprint density at radius 2 is 2.10 bits per heavy atom. The Bertz CT molecular complexity index is 422. The summed E-state index contributed by atoms with van der Waals surface area (Å²) in [6, 6.07) is -0.273. The number of aromatic nitrogens is 4. The first kappa shape index (κ1) is 14.7. The molecule has 1 fully saturated rings. The molecule has 1 amide bonds. The van der Waals surface area contributed by atoms with Crippen LogP contribution in [0.15, 0.2) is 0 Å². The molecule has 0 saturated carbocycles. The monoisotopic (exact) mass is 282 g/mol. The van der Waals surface area contributed by atoms with Crippen LogP contribution in [0.2, 0.25) is 0 Å². The molecular weight excluding hydrogens is 260 g/mol. The average Bonchev–Trinajstić information content (AvgIpc) is 2.88. The number of hydrogen-bond acceptors (Lipinski definition) is 6. The van der Waals surface area contributed by atoms with Gasteiger partial charge in [-0.3, -0.25) is 0 Å². The van der Waals surface area contributed by atoms with Crippen LogP contribution in [-0.4, -0.2) is 45.4 Å². The number of nitrogens with one attached hydrogen (secondary N) is 3. The molecule has 1 atom stereocenters. The fourth-order valence-electron chi connectivity index (χ4n) is 2.31. The van der Waals surface area contributed by atoms with Gasteiger partial charge in [-0.2, -0.15) is 5.21 Å². The highest BCUT2D eigenvalue weighted by atomic mass is 16.6. The lowest BCUT2D eigenvalue weighted by molar-refractivity contribution is 0.0473. The second-order valence-corrected chi connectivity index (χ2v) is 5.98. The van der Waals surface area contributed by atoms with Gasteiger partial charge in [-0.25, -0.2) is 4.79 Å². The summed E-state index contributed by atoms with van der Waals surface area (Å²) in [5, 5.41) is 20.2. The molecule has 8 heteroatoms. The standard InChI is InChI=1S/C12H22N6O2/c1-12(2,3)20-11(19)14-9(10-15-17-18-16-10)8-4-6-13-7-5-8/h8-9,13H,4-7H2,1-3H3,(H,14,19)(H,15,16,17,18). The molecule has 0 radical (unpaired) electrons. The number of hydrogen-bond donors (Lipinski definition) is 3. The number of nitrogens with zero attached hydrogens (tertiary/aromatic N) is 3. The first-order valence-corrected chi connectivity index (χ1v) is 6.89. The number of H-pyrrole nitrogens is 1. The van der Waals surface area contributed by atoms with Crippen LogP contribution < -0.4 is 10.6 Å². The van der Waals surface area contributed by atoms with E-state index in [1.165, 1.54) is 0 Å². The van der Waals surface area contributed by atoms with Gasteiger partial charge in [-0.1, -0.05) is 5.21 Å². The molecule has 8 nitrogen and oxygen atoms in total. The summed E-state index contributed by atoms with van der Waals surface area (Å²) >= 11 is 0. The maximum absolute atomic E-state index is 12.0. The van der Waals surface area contributed by atoms with Crippen molar-refractivity contribution in [3.05, 3.63) is 5.82 Å². The van der Waals surface area contributed by atoms with Gasteiger partial charge in [-0.05, 0) is 52.6 Å². The SMILES string of the molecule is CC(C)(C)OC(=O)NC(c1nn[nH]n1)C1CCNCC1. The quantitative estimate of drug-likeness (QED) is 0.756. The van der Waals surface area contributed by atoms with E-state index in [0.29, 0.717) is 5.82 Å². The lowest BCUT2D eigenvalue weighted by Gasteiger charge is -2.30. The van der Waals surface area contributed by atoms with Crippen molar-refractivity contribution in [2.75, 3.05) is 13.1 Å². The number of ether oxygens (including phenoxy) is 1. The fraction of sp³-hybridized carbons (Fsp3) is 0.833. The smallest absolute Gasteiger partial charge is 0.408 e. The molecular formula is C12H22N6O2. The maximum atomic E-state index is 12.0. The molecule has 0 aromatic carbocycles. The number of rotatable bonds is 3. The van der Waals surface area contributed by atoms with Crippen molar-refractivity contribution < 1.29 is 9.53 Å². The van der Waals surface area contributed by atoms with Gasteiger partial charge in [0.05, 0.1) is 6.04 Å². The fourth-order valence-corrected chi connectivity index (χ4v) is 2.31. The molecule has 1 saturated heterocycles. The third-order valence-corrected chi connectivity index (χ3v) is 3.17. The molecule has 1 aliphatic heterocycles. The summed E-state index contributed by atoms with van der Waals surface area (Å²) in [5.41, 5.74) is -0.528. The molecule has 2 heterocycles. The van der Waals surface area contributed by atoms with Crippen LogP contribution in [0, 0.1) is 5.92 Å². The van der Waals surface area contributed by atoms with E-state index in [4.69, 9.17) is 4.74 Å². The zero-order valence-electron chi connectivity index (χ0n) is 12.1. The molecule has 1 aromatic rings. The molecule has 20 heavy (non-hydrogen) atoms. The lowest BCUT2D eigenvalue weighted by Crippen LogP contribution is -2.41. The normalized spacial score (nSPS) is 18.6. The molecule has 2 rings (SSSR count). The van der Waals surface area contributed by atoms with E-state index in [2.05, 4.69) is 31.3 Å². The van der Waals surface area contributed by atoms with Crippen LogP contribution in [0.4, 0.5) is 4.79 Å². The minimum Gasteiger partial charge on any atom is -0.444 e. The van der Waals surface area contributed by atoms with E-state index in [1.807, 2.05) is 20.8 Å². The topological polar surface area (TPSA) is 105 Å². The minimum atomic E-state index is -0.528. The molecule has 1 aromatic heterocycles. The number of piperidine rings is 1. The molecule has 0 aliphatic carbocycles. The van der Waals surface area contributed by atoms with Crippen molar-refractivity contribution in [1.82, 2.24) is 31.3 Å². The van der Waals surface area contributed by atoms with E-state index >= 15 is 0 Å². The van der Waals surface area contributed by atoms with E-state index in [-0.39, 0.29) is 12.0 Å². The molecule has 3 N–H and O–H groups in total. The summed E-state index contributed by atoms with van der Waals surface area (Å²) in [4.78, 5) is 12.0. The van der Waals surface area contributed by atoms with E-state index in [9.17, 15) is 4.79 Å². The van der Waals surface area contributed by atoms with Crippen molar-refractivity contribution in [3.8, 4) is 0 Å². The van der Waals surface area contributed by atoms with Crippen molar-refractivity contribution in [2.24, 2.45) is 5.92 Å². The predicted molar refractivity (Wildman–Crippen MR) is 71.9 cm³/mol. The van der Waals surface area contributed by atoms with Crippen LogP contribution in [0.3, 0.4) is 0 Å². The number of tetrazole rings is 1. The number of aromatic amines is 1. The van der Waals surface area contributed by atoms with Gasteiger partial charge in [0.1, 0.15) is 5.60 Å². The third-order valence-electron chi connectivity index (χ3n) is 3.17. The number of alkyl carbamates (subject to hydrolysis) is 1. The summed E-state index contributed by atoms with van der Waals surface area (Å²) in [6.45, 7) is 7.35. The van der Waals surface area contributed by atoms with Gasteiger partial charge in [0.2, 0.25) is 0 Å². The Hall–Kier alpha value is -1.70. The average molecular weight is 282 g/mol. The Kier molecular flexibility index (Phi) is 4.53. The van der Waals surface area contributed by atoms with Crippen molar-refractivity contribution in [2.45, 2.75) is 45.3 Å². The van der Waals surface area contributed by atoms with Gasteiger partial charge in [0.25, 0.3) is 0 Å². The van der Waals surface area contributed by atoms with Gasteiger partial charge >= 0.3 is 6.09 Å². The van der Waals surface area contributed by atoms with Crippen LogP contribution >= 0.6 is 0 Å². The second-order valence-electron chi connectivity index (χ2n) is 5.98. The zero-order chi connectivity index (χ0) is 14.6. The van der Waals surface area contributed by atoms with Gasteiger partial charge in [0, 0.05) is 0 Å². The lowest BCUT2D eigenvalue weighted by atomic mass is 9.90. The van der Waals surface area contributed by atoms with Crippen molar-refractivity contribution in [3.63, 3.8) is 0 Å². The van der Waals surface area contributed by atoms with E-state index < -0.39 is 11.7 Å². The highest BCUT2D eigenvalue weighted by Crippen LogP contribution is 2.26. The van der Waals surface area contributed by atoms with E-state index in [0.717, 1.165) is 25.9 Å². The van der Waals surface area contributed by atoms with Crippen LogP contribution in [0.1, 0.15) is 45.5 Å². The highest BCUT2D eigenvalue weighted by Gasteiger charge is 2.31. The maximum Gasteiger partial charge on any atom is 0.408 e. The van der Waals surface area contributed by atoms with Gasteiger partial charge in [0.15, 0.2) is 5.82 Å². The number of carbonyl (C=O) groups excluding carboxylic acids is 1. The first-order chi connectivity index (χ1) is 9.46. The molecule has 0 spiro atoms. The Morgan fingerprint density at radius 3 is 2.65 bits per heavy atom. The summed E-state index contributed by atoms with van der Waals surface area (Å²) in [5.74, 6) is 0.782. The van der Waals surface area contributed by atoms with Crippen molar-refractivity contribution >= 4 is 6.09 Å². The number of amides is 1. The summed E-state index contributed by atoms with van der Waals surface area (Å²) in [6.07, 6.45) is 1.45. The summed E-state index contributed by atoms with van der Waals surface area (Å²) < 4.78 is 5.31. The van der Waals surface area contributed by atoms with E-state index in [1.54, 1.807) is 0 Å². The summed E-state index contributed by atoms with van der Waals surface area (Å²) in [7, 11) is 0. The Labute approximate surface area is 118 Å². The van der Waals surface area contributed by atoms with Crippen LogP contribution in [0.25, 0.3) is 0 Å². The van der Waals surface area contributed by atoms with Gasteiger partial charge < -0.3 is 15.4 Å². The third kappa shape index (κ3) is 4.16. The van der Waals surface area contributed by atoms with Crippen LogP contribution in [0.5, 0.6) is 0 Å². The molecule has 0 bridgehead atoms. The first-order valence-electron chi connectivity index (χ1n) is 6.89. The largest absolute Gasteiger partial charge is 0.444 e. The Balaban J connectivity index is 2.05. The van der Waals surface area contributed by atoms with Crippen molar-refractivity contribution in [1.29, 1.82) is 0 Å². The zero-order valence-corrected chi connectivity index (χ0v) is 12.1. The minimum absolute atomic E-state index is 0.273. The molecule has 1 unspecified atom stereocenters. The van der Waals surface area contributed by atoms with Crippen LogP contribution in [-0.2, 0) is 4.74 Å².